The first-order valence-corrected chi connectivity index (χ1v) is 7.10. The smallest absolute Gasteiger partial charge is 0.381 e. The van der Waals surface area contributed by atoms with Crippen molar-refractivity contribution in [3.63, 3.8) is 0 Å². The van der Waals surface area contributed by atoms with Gasteiger partial charge in [0, 0.05) is 22.7 Å². The van der Waals surface area contributed by atoms with Crippen molar-refractivity contribution in [3.05, 3.63) is 28.2 Å². The van der Waals surface area contributed by atoms with E-state index in [1.807, 2.05) is 0 Å². The standard InChI is InChI=1S/C13H16BrF3N2/c14-9-4-5-12(11(7-9)13(15,16)17)19-10-3-1-2-6-18-8-10/h4-5,7,10,18-19H,1-3,6,8H2. The van der Waals surface area contributed by atoms with Gasteiger partial charge in [0.2, 0.25) is 0 Å². The van der Waals surface area contributed by atoms with Gasteiger partial charge < -0.3 is 10.6 Å². The number of hydrogen-bond acceptors (Lipinski definition) is 2. The maximum atomic E-state index is 13.0. The minimum absolute atomic E-state index is 0.0461. The Labute approximate surface area is 118 Å². The van der Waals surface area contributed by atoms with E-state index in [0.29, 0.717) is 11.0 Å². The zero-order chi connectivity index (χ0) is 13.9. The van der Waals surface area contributed by atoms with Gasteiger partial charge in [-0.25, -0.2) is 0 Å². The molecule has 19 heavy (non-hydrogen) atoms. The highest BCUT2D eigenvalue weighted by Gasteiger charge is 2.34. The third kappa shape index (κ3) is 4.11. The Kier molecular flexibility index (Phi) is 4.73. The molecule has 106 valence electrons. The Morgan fingerprint density at radius 1 is 1.26 bits per heavy atom. The Morgan fingerprint density at radius 3 is 2.79 bits per heavy atom. The van der Waals surface area contributed by atoms with Gasteiger partial charge in [0.25, 0.3) is 0 Å². The quantitative estimate of drug-likeness (QED) is 0.852. The highest BCUT2D eigenvalue weighted by molar-refractivity contribution is 9.10. The Bertz CT molecular complexity index is 426. The van der Waals surface area contributed by atoms with Crippen molar-refractivity contribution in [1.29, 1.82) is 0 Å². The SMILES string of the molecule is FC(F)(F)c1cc(Br)ccc1NC1CCCCNC1. The molecule has 1 saturated heterocycles. The summed E-state index contributed by atoms with van der Waals surface area (Å²) in [5.74, 6) is 0. The largest absolute Gasteiger partial charge is 0.418 e. The molecule has 1 aliphatic heterocycles. The summed E-state index contributed by atoms with van der Waals surface area (Å²) in [6.45, 7) is 1.64. The number of anilines is 1. The third-order valence-electron chi connectivity index (χ3n) is 3.19. The van der Waals surface area contributed by atoms with Gasteiger partial charge in [0.05, 0.1) is 5.56 Å². The summed E-state index contributed by atoms with van der Waals surface area (Å²) in [6, 6.07) is 4.27. The molecule has 2 nitrogen and oxygen atoms in total. The molecule has 1 atom stereocenters. The fraction of sp³-hybridized carbons (Fsp3) is 0.538. The highest BCUT2D eigenvalue weighted by atomic mass is 79.9. The summed E-state index contributed by atoms with van der Waals surface area (Å²) < 4.78 is 39.4. The first-order valence-electron chi connectivity index (χ1n) is 6.31. The van der Waals surface area contributed by atoms with Crippen molar-refractivity contribution in [3.8, 4) is 0 Å². The van der Waals surface area contributed by atoms with E-state index in [-0.39, 0.29) is 11.7 Å². The van der Waals surface area contributed by atoms with E-state index in [4.69, 9.17) is 0 Å². The summed E-state index contributed by atoms with van der Waals surface area (Å²) in [5.41, 5.74) is -0.462. The molecular formula is C13H16BrF3N2. The molecule has 1 aliphatic rings. The minimum atomic E-state index is -4.34. The van der Waals surface area contributed by atoms with Crippen molar-refractivity contribution in [2.45, 2.75) is 31.5 Å². The van der Waals surface area contributed by atoms with E-state index >= 15 is 0 Å². The van der Waals surface area contributed by atoms with E-state index in [1.54, 1.807) is 6.07 Å². The van der Waals surface area contributed by atoms with Crippen LogP contribution in [0.1, 0.15) is 24.8 Å². The van der Waals surface area contributed by atoms with E-state index in [1.165, 1.54) is 6.07 Å². The number of halogens is 4. The van der Waals surface area contributed by atoms with Gasteiger partial charge in [-0.1, -0.05) is 22.4 Å². The second-order valence-electron chi connectivity index (χ2n) is 4.73. The van der Waals surface area contributed by atoms with E-state index in [2.05, 4.69) is 26.6 Å². The Morgan fingerprint density at radius 2 is 2.05 bits per heavy atom. The lowest BCUT2D eigenvalue weighted by atomic mass is 10.1. The number of benzene rings is 1. The van der Waals surface area contributed by atoms with Gasteiger partial charge in [-0.2, -0.15) is 13.2 Å². The average Bonchev–Trinajstić information content (AvgIpc) is 2.59. The molecular weight excluding hydrogens is 321 g/mol. The predicted octanol–water partition coefficient (Wildman–Crippen LogP) is 4.02. The fourth-order valence-corrected chi connectivity index (χ4v) is 2.60. The van der Waals surface area contributed by atoms with Crippen LogP contribution in [-0.4, -0.2) is 19.1 Å². The molecule has 0 saturated carbocycles. The highest BCUT2D eigenvalue weighted by Crippen LogP contribution is 2.37. The van der Waals surface area contributed by atoms with E-state index in [9.17, 15) is 13.2 Å². The maximum Gasteiger partial charge on any atom is 0.418 e. The summed E-state index contributed by atoms with van der Waals surface area (Å²) in [6.07, 6.45) is -1.35. The molecule has 2 rings (SSSR count). The van der Waals surface area contributed by atoms with Crippen LogP contribution in [0.5, 0.6) is 0 Å². The molecule has 1 aromatic carbocycles. The maximum absolute atomic E-state index is 13.0. The van der Waals surface area contributed by atoms with Crippen molar-refractivity contribution < 1.29 is 13.2 Å². The molecule has 1 fully saturated rings. The fourth-order valence-electron chi connectivity index (χ4n) is 2.24. The van der Waals surface area contributed by atoms with Crippen LogP contribution < -0.4 is 10.6 Å². The number of hydrogen-bond donors (Lipinski definition) is 2. The summed E-state index contributed by atoms with van der Waals surface area (Å²) in [5, 5.41) is 6.25. The van der Waals surface area contributed by atoms with Crippen LogP contribution >= 0.6 is 15.9 Å². The van der Waals surface area contributed by atoms with Crippen LogP contribution in [-0.2, 0) is 6.18 Å². The molecule has 1 heterocycles. The average molecular weight is 337 g/mol. The van der Waals surface area contributed by atoms with Gasteiger partial charge >= 0.3 is 6.18 Å². The van der Waals surface area contributed by atoms with Crippen LogP contribution in [0.15, 0.2) is 22.7 Å². The van der Waals surface area contributed by atoms with Crippen LogP contribution in [0.4, 0.5) is 18.9 Å². The van der Waals surface area contributed by atoms with Crippen molar-refractivity contribution in [2.24, 2.45) is 0 Å². The predicted molar refractivity (Wildman–Crippen MR) is 73.3 cm³/mol. The molecule has 0 aromatic heterocycles. The van der Waals surface area contributed by atoms with Crippen LogP contribution in [0.2, 0.25) is 0 Å². The molecule has 0 spiro atoms. The number of rotatable bonds is 2. The van der Waals surface area contributed by atoms with Gasteiger partial charge in [-0.05, 0) is 37.6 Å². The molecule has 0 bridgehead atoms. The van der Waals surface area contributed by atoms with Gasteiger partial charge in [0.1, 0.15) is 0 Å². The zero-order valence-electron chi connectivity index (χ0n) is 10.4. The van der Waals surface area contributed by atoms with Crippen LogP contribution in [0.25, 0.3) is 0 Å². The van der Waals surface area contributed by atoms with Crippen molar-refractivity contribution >= 4 is 21.6 Å². The molecule has 0 aliphatic carbocycles. The lowest BCUT2D eigenvalue weighted by molar-refractivity contribution is -0.137. The molecule has 0 radical (unpaired) electrons. The molecule has 0 amide bonds. The normalized spacial score (nSPS) is 20.9. The summed E-state index contributed by atoms with van der Waals surface area (Å²) in [7, 11) is 0. The first-order chi connectivity index (χ1) is 8.97. The first kappa shape index (κ1) is 14.7. The van der Waals surface area contributed by atoms with E-state index in [0.717, 1.165) is 31.9 Å². The molecule has 1 unspecified atom stereocenters. The lowest BCUT2D eigenvalue weighted by Gasteiger charge is -2.21. The van der Waals surface area contributed by atoms with Gasteiger partial charge in [0.15, 0.2) is 0 Å². The summed E-state index contributed by atoms with van der Waals surface area (Å²) >= 11 is 3.09. The van der Waals surface area contributed by atoms with Crippen molar-refractivity contribution in [1.82, 2.24) is 5.32 Å². The van der Waals surface area contributed by atoms with Gasteiger partial charge in [-0.3, -0.25) is 0 Å². The molecule has 2 N–H and O–H groups in total. The zero-order valence-corrected chi connectivity index (χ0v) is 11.9. The van der Waals surface area contributed by atoms with Gasteiger partial charge in [-0.15, -0.1) is 0 Å². The second-order valence-corrected chi connectivity index (χ2v) is 5.64. The number of alkyl halides is 3. The third-order valence-corrected chi connectivity index (χ3v) is 3.69. The second kappa shape index (κ2) is 6.13. The molecule has 6 heteroatoms. The minimum Gasteiger partial charge on any atom is -0.381 e. The summed E-state index contributed by atoms with van der Waals surface area (Å²) in [4.78, 5) is 0. The Hall–Kier alpha value is -0.750. The lowest BCUT2D eigenvalue weighted by Crippen LogP contribution is -2.31. The number of nitrogens with one attached hydrogen (secondary N) is 2. The topological polar surface area (TPSA) is 24.1 Å². The molecule has 1 aromatic rings. The van der Waals surface area contributed by atoms with Crippen molar-refractivity contribution in [2.75, 3.05) is 18.4 Å². The monoisotopic (exact) mass is 336 g/mol. The Balaban J connectivity index is 2.19. The van der Waals surface area contributed by atoms with Crippen LogP contribution in [0, 0.1) is 0 Å². The van der Waals surface area contributed by atoms with E-state index < -0.39 is 11.7 Å². The van der Waals surface area contributed by atoms with Crippen LogP contribution in [0.3, 0.4) is 0 Å².